The standard InChI is InChI=1S/C45H75N15O19S3/c1-19(2)12-24-39(74)58-28(37(72)51-15-30(63)52-22(35(47)70)7-8-31(64)65)17-81-82-18-29(59-40(75)25(13-32(66)67)54-36(71)21(46)9-11-80-4)43(78)53-23(6-5-10-50-45(48)49)38(73)57-27(16-61)42(77)55-26(14-33(68)69)41(76)60-34(20(3)62)44(79)56-24/h19-29,34,61-62H,5-18,46H2,1-4H3,(H2,47,70)(H,51,72)(H,52,63)(H,53,78)(H,54,71)(H,55,77)(H,56,79)(H,57,73)(H,58,74)(H,59,75)(H,60,76)(H,64,65)(H,66,67)(H,68,69)(H4,48,49,50)/t20-,21+,22+,23+,24+,25+,26+,27-,28+,29+,34-/m1/s1. The summed E-state index contributed by atoms with van der Waals surface area (Å²) in [7, 11) is 1.47. The molecule has 23 N–H and O–H groups in total. The largest absolute Gasteiger partial charge is 0.481 e. The molecular formula is C45H75N15O19S3. The van der Waals surface area contributed by atoms with E-state index in [0.29, 0.717) is 5.75 Å². The summed E-state index contributed by atoms with van der Waals surface area (Å²) >= 11 is 1.35. The normalized spacial score (nSPS) is 22.3. The monoisotopic (exact) mass is 1230 g/mol. The van der Waals surface area contributed by atoms with Crippen LogP contribution >= 0.6 is 33.3 Å². The van der Waals surface area contributed by atoms with E-state index >= 15 is 0 Å². The molecule has 0 unspecified atom stereocenters. The van der Waals surface area contributed by atoms with Crippen LogP contribution < -0.4 is 76.1 Å². The van der Waals surface area contributed by atoms with Crippen molar-refractivity contribution in [1.29, 1.82) is 0 Å². The van der Waals surface area contributed by atoms with Crippen molar-refractivity contribution >= 4 is 122 Å². The van der Waals surface area contributed by atoms with E-state index in [9.17, 15) is 87.5 Å². The third-order valence-electron chi connectivity index (χ3n) is 11.4. The lowest BCUT2D eigenvalue weighted by Gasteiger charge is -2.28. The number of aliphatic imine (C=N–C) groups is 1. The van der Waals surface area contributed by atoms with Gasteiger partial charge in [-0.2, -0.15) is 11.8 Å². The summed E-state index contributed by atoms with van der Waals surface area (Å²) in [5.74, 6) is -18.9. The Bertz CT molecular complexity index is 2320. The molecular weight excluding hydrogens is 1150 g/mol. The molecule has 0 bridgehead atoms. The summed E-state index contributed by atoms with van der Waals surface area (Å²) in [5.41, 5.74) is 22.2. The van der Waals surface area contributed by atoms with E-state index in [1.807, 2.05) is 0 Å². The number of rotatable bonds is 27. The van der Waals surface area contributed by atoms with Crippen LogP contribution in [0.25, 0.3) is 0 Å². The van der Waals surface area contributed by atoms with Gasteiger partial charge in [0.25, 0.3) is 0 Å². The number of hydrogen-bond donors (Lipinski definition) is 19. The van der Waals surface area contributed by atoms with Gasteiger partial charge >= 0.3 is 17.9 Å². The maximum absolute atomic E-state index is 14.4. The number of carboxylic acid groups (broad SMARTS) is 3. The first kappa shape index (κ1) is 72.8. The van der Waals surface area contributed by atoms with Gasteiger partial charge in [0.15, 0.2) is 5.96 Å². The number of aliphatic hydroxyl groups excluding tert-OH is 2. The Morgan fingerprint density at radius 3 is 1.85 bits per heavy atom. The van der Waals surface area contributed by atoms with Gasteiger partial charge in [-0.1, -0.05) is 35.4 Å². The maximum Gasteiger partial charge on any atom is 0.305 e. The highest BCUT2D eigenvalue weighted by Gasteiger charge is 2.38. The number of primary amides is 1. The zero-order chi connectivity index (χ0) is 62.4. The first-order chi connectivity index (χ1) is 38.4. The molecule has 0 aliphatic carbocycles. The summed E-state index contributed by atoms with van der Waals surface area (Å²) in [6.07, 6.45) is -3.78. The number of hydrogen-bond acceptors (Lipinski definition) is 21. The molecule has 1 rings (SSSR count). The molecule has 0 aromatic heterocycles. The van der Waals surface area contributed by atoms with Crippen molar-refractivity contribution in [2.75, 3.05) is 43.2 Å². The van der Waals surface area contributed by atoms with E-state index in [4.69, 9.17) is 28.0 Å². The van der Waals surface area contributed by atoms with E-state index in [-0.39, 0.29) is 38.2 Å². The molecule has 0 spiro atoms. The molecule has 11 atom stereocenters. The molecule has 11 amide bonds. The molecule has 37 heteroatoms. The van der Waals surface area contributed by atoms with E-state index in [2.05, 4.69) is 58.2 Å². The first-order valence-electron chi connectivity index (χ1n) is 25.2. The molecule has 1 aliphatic heterocycles. The zero-order valence-corrected chi connectivity index (χ0v) is 47.7. The van der Waals surface area contributed by atoms with Gasteiger partial charge in [0, 0.05) is 24.5 Å². The number of aliphatic hydroxyl groups is 2. The Morgan fingerprint density at radius 2 is 1.29 bits per heavy atom. The Balaban J connectivity index is 4.11. The second kappa shape index (κ2) is 37.7. The minimum atomic E-state index is -2.09. The smallest absolute Gasteiger partial charge is 0.305 e. The highest BCUT2D eigenvalue weighted by molar-refractivity contribution is 8.76. The molecule has 1 saturated heterocycles. The summed E-state index contributed by atoms with van der Waals surface area (Å²) in [4.78, 5) is 188. The topological polar surface area (TPSA) is 577 Å². The van der Waals surface area contributed by atoms with Gasteiger partial charge in [-0.25, -0.2) is 0 Å². The number of amides is 11. The van der Waals surface area contributed by atoms with E-state index < -0.39 is 206 Å². The lowest BCUT2D eigenvalue weighted by Crippen LogP contribution is -2.62. The van der Waals surface area contributed by atoms with Crippen LogP contribution in [0, 0.1) is 5.92 Å². The second-order valence-electron chi connectivity index (χ2n) is 18.7. The summed E-state index contributed by atoms with van der Waals surface area (Å²) in [6.45, 7) is 2.04. The number of nitrogens with one attached hydrogen (secondary N) is 10. The summed E-state index contributed by atoms with van der Waals surface area (Å²) in [6, 6.07) is -17.4. The minimum absolute atomic E-state index is 0.0818. The zero-order valence-electron chi connectivity index (χ0n) is 45.3. The average Bonchev–Trinajstić information content (AvgIpc) is 3.44. The van der Waals surface area contributed by atoms with Crippen molar-refractivity contribution in [3.05, 3.63) is 0 Å². The van der Waals surface area contributed by atoms with Gasteiger partial charge in [0.05, 0.1) is 38.1 Å². The Kier molecular flexibility index (Phi) is 33.5. The molecule has 1 fully saturated rings. The fraction of sp³-hybridized carbons (Fsp3) is 0.667. The molecule has 1 heterocycles. The lowest BCUT2D eigenvalue weighted by molar-refractivity contribution is -0.142. The number of carbonyl (C=O) groups is 14. The van der Waals surface area contributed by atoms with Crippen molar-refractivity contribution in [2.45, 2.75) is 139 Å². The van der Waals surface area contributed by atoms with Gasteiger partial charge in [0.2, 0.25) is 65.0 Å². The van der Waals surface area contributed by atoms with Gasteiger partial charge in [-0.15, -0.1) is 0 Å². The van der Waals surface area contributed by atoms with Gasteiger partial charge in [-0.3, -0.25) is 72.1 Å². The van der Waals surface area contributed by atoms with Crippen LogP contribution in [0.4, 0.5) is 0 Å². The average molecular weight is 1230 g/mol. The third-order valence-corrected chi connectivity index (χ3v) is 14.4. The quantitative estimate of drug-likeness (QED) is 0.0157. The Labute approximate surface area is 482 Å². The Hall–Kier alpha value is -7.22. The number of carboxylic acids is 3. The number of carbonyl (C=O) groups excluding carboxylic acids is 11. The van der Waals surface area contributed by atoms with Crippen LogP contribution in [0.15, 0.2) is 4.99 Å². The van der Waals surface area contributed by atoms with Crippen LogP contribution in [-0.2, 0) is 67.1 Å². The highest BCUT2D eigenvalue weighted by atomic mass is 33.1. The maximum atomic E-state index is 14.4. The van der Waals surface area contributed by atoms with E-state index in [0.717, 1.165) is 28.5 Å². The summed E-state index contributed by atoms with van der Waals surface area (Å²) < 4.78 is 0. The number of aliphatic carboxylic acids is 3. The predicted octanol–water partition coefficient (Wildman–Crippen LogP) is -8.29. The van der Waals surface area contributed by atoms with Crippen LogP contribution in [0.3, 0.4) is 0 Å². The lowest BCUT2D eigenvalue weighted by atomic mass is 10.0. The molecule has 34 nitrogen and oxygen atoms in total. The third kappa shape index (κ3) is 28.5. The fourth-order valence-electron chi connectivity index (χ4n) is 7.06. The van der Waals surface area contributed by atoms with Gasteiger partial charge < -0.3 is 102 Å². The fourth-order valence-corrected chi connectivity index (χ4v) is 9.88. The predicted molar refractivity (Wildman–Crippen MR) is 295 cm³/mol. The molecule has 462 valence electrons. The molecule has 82 heavy (non-hydrogen) atoms. The van der Waals surface area contributed by atoms with Crippen LogP contribution in [0.2, 0.25) is 0 Å². The van der Waals surface area contributed by atoms with Crippen molar-refractivity contribution in [3.8, 4) is 0 Å². The molecule has 0 aromatic rings. The van der Waals surface area contributed by atoms with Crippen LogP contribution in [-0.4, -0.2) is 224 Å². The van der Waals surface area contributed by atoms with Crippen molar-refractivity contribution < 1.29 is 92.7 Å². The first-order valence-corrected chi connectivity index (χ1v) is 29.1. The van der Waals surface area contributed by atoms with Crippen molar-refractivity contribution in [1.82, 2.24) is 53.2 Å². The van der Waals surface area contributed by atoms with Gasteiger partial charge in [-0.05, 0) is 57.0 Å². The molecule has 1 aliphatic rings. The number of nitrogens with zero attached hydrogens (tertiary/aromatic N) is 1. The van der Waals surface area contributed by atoms with Crippen molar-refractivity contribution in [2.24, 2.45) is 33.8 Å². The van der Waals surface area contributed by atoms with E-state index in [1.165, 1.54) is 11.8 Å². The molecule has 0 radical (unpaired) electrons. The van der Waals surface area contributed by atoms with Crippen LogP contribution in [0.5, 0.6) is 0 Å². The molecule has 0 aromatic carbocycles. The SMILES string of the molecule is CSCC[C@H](N)C(=O)N[C@@H](CC(=O)O)C(=O)N[C@H]1CSSC[C@@H](C(=O)NCC(=O)N[C@@H](CCC(=O)O)C(N)=O)NC(=O)[C@H](CC(C)C)NC(=O)[C@@H]([C@@H](C)O)NC(=O)[C@H](CC(=O)O)NC(=O)[C@@H](CO)NC(=O)[C@H](CCCN=C(N)N)NC1=O. The molecule has 0 saturated carbocycles. The van der Waals surface area contributed by atoms with E-state index in [1.54, 1.807) is 20.1 Å². The second-order valence-corrected chi connectivity index (χ2v) is 22.3. The van der Waals surface area contributed by atoms with Crippen molar-refractivity contribution in [3.63, 3.8) is 0 Å². The number of nitrogens with two attached hydrogens (primary N) is 4. The number of thioether (sulfide) groups is 1. The highest BCUT2D eigenvalue weighted by Crippen LogP contribution is 2.24. The summed E-state index contributed by atoms with van der Waals surface area (Å²) in [5, 5.41) is 72.1. The van der Waals surface area contributed by atoms with Crippen LogP contribution in [0.1, 0.15) is 72.1 Å². The minimum Gasteiger partial charge on any atom is -0.481 e. The Morgan fingerprint density at radius 1 is 0.707 bits per heavy atom. The number of guanidine groups is 1. The van der Waals surface area contributed by atoms with Gasteiger partial charge in [0.1, 0.15) is 54.4 Å².